The Morgan fingerprint density at radius 2 is 1.90 bits per heavy atom. The van der Waals surface area contributed by atoms with Crippen molar-refractivity contribution in [2.45, 2.75) is 26.7 Å². The number of H-pyrrole nitrogens is 1. The van der Waals surface area contributed by atoms with Crippen molar-refractivity contribution in [2.24, 2.45) is 0 Å². The number of amides is 1. The first-order chi connectivity index (χ1) is 14.9. The lowest BCUT2D eigenvalue weighted by Gasteiger charge is -2.18. The van der Waals surface area contributed by atoms with Crippen molar-refractivity contribution < 1.29 is 18.4 Å². The predicted molar refractivity (Wildman–Crippen MR) is 116 cm³/mol. The molecule has 2 heterocycles. The Kier molecular flexibility index (Phi) is 7.17. The number of carbonyl (C=O) groups excluding carboxylic acids is 1. The highest BCUT2D eigenvalue weighted by Crippen LogP contribution is 2.46. The monoisotopic (exact) mass is 445 g/mol. The van der Waals surface area contributed by atoms with Gasteiger partial charge in [-0.3, -0.25) is 19.1 Å². The van der Waals surface area contributed by atoms with E-state index in [0.717, 1.165) is 0 Å². The van der Waals surface area contributed by atoms with Gasteiger partial charge in [0.2, 0.25) is 11.9 Å². The van der Waals surface area contributed by atoms with E-state index in [-0.39, 0.29) is 30.8 Å². The minimum absolute atomic E-state index is 0.0292. The topological polar surface area (TPSA) is 128 Å². The highest BCUT2D eigenvalue weighted by atomic mass is 31.2. The molecule has 1 aromatic carbocycles. The third-order valence-electron chi connectivity index (χ3n) is 4.47. The lowest BCUT2D eigenvalue weighted by molar-refractivity contribution is -0.117. The van der Waals surface area contributed by atoms with Crippen molar-refractivity contribution in [3.05, 3.63) is 64.8 Å². The molecule has 164 valence electrons. The molecule has 1 amide bonds. The van der Waals surface area contributed by atoms with E-state index in [1.165, 1.54) is 10.9 Å². The maximum atomic E-state index is 12.8. The summed E-state index contributed by atoms with van der Waals surface area (Å²) in [6.45, 7) is 5.68. The van der Waals surface area contributed by atoms with Crippen LogP contribution in [0, 0.1) is 0 Å². The molecule has 10 nitrogen and oxygen atoms in total. The number of anilines is 1. The SMILES string of the molecule is CCOP(=O)(OCC)c1ccc(C(C)C(=O)Nc2cnc(-n3cccn3)[nH]c2=O)cc1. The quantitative estimate of drug-likeness (QED) is 0.485. The lowest BCUT2D eigenvalue weighted by atomic mass is 10.0. The van der Waals surface area contributed by atoms with Gasteiger partial charge in [0.05, 0.1) is 30.6 Å². The second-order valence-corrected chi connectivity index (χ2v) is 8.56. The van der Waals surface area contributed by atoms with Crippen molar-refractivity contribution >= 4 is 24.5 Å². The molecule has 0 saturated carbocycles. The van der Waals surface area contributed by atoms with E-state index in [4.69, 9.17) is 9.05 Å². The zero-order valence-electron chi connectivity index (χ0n) is 17.4. The Morgan fingerprint density at radius 1 is 1.23 bits per heavy atom. The average molecular weight is 445 g/mol. The van der Waals surface area contributed by atoms with E-state index < -0.39 is 19.1 Å². The van der Waals surface area contributed by atoms with Crippen molar-refractivity contribution in [3.8, 4) is 5.95 Å². The van der Waals surface area contributed by atoms with Crippen LogP contribution in [0.15, 0.2) is 53.7 Å². The first kappa shape index (κ1) is 22.6. The van der Waals surface area contributed by atoms with Crippen LogP contribution in [0.25, 0.3) is 5.95 Å². The first-order valence-corrected chi connectivity index (χ1v) is 11.3. The molecule has 0 aliphatic rings. The molecule has 2 aromatic heterocycles. The van der Waals surface area contributed by atoms with E-state index in [1.807, 2.05) is 0 Å². The van der Waals surface area contributed by atoms with Gasteiger partial charge in [-0.1, -0.05) is 12.1 Å². The van der Waals surface area contributed by atoms with Gasteiger partial charge >= 0.3 is 7.60 Å². The molecular formula is C20H24N5O5P. The van der Waals surface area contributed by atoms with Gasteiger partial charge in [0.1, 0.15) is 5.69 Å². The van der Waals surface area contributed by atoms with Crippen LogP contribution in [-0.2, 0) is 18.4 Å². The minimum atomic E-state index is -3.39. The third-order valence-corrected chi connectivity index (χ3v) is 6.59. The van der Waals surface area contributed by atoms with Crippen molar-refractivity contribution in [2.75, 3.05) is 18.5 Å². The Bertz CT molecular complexity index is 1120. The van der Waals surface area contributed by atoms with E-state index >= 15 is 0 Å². The van der Waals surface area contributed by atoms with Gasteiger partial charge in [0.15, 0.2) is 0 Å². The highest BCUT2D eigenvalue weighted by molar-refractivity contribution is 7.62. The molecule has 3 aromatic rings. The van der Waals surface area contributed by atoms with Crippen LogP contribution in [0.1, 0.15) is 32.3 Å². The standard InChI is InChI=1S/C20H24N5O5P/c1-4-29-31(28,30-5-2)16-9-7-15(8-10-16)14(3)18(26)23-17-13-21-20(24-19(17)27)25-12-6-11-22-25/h6-14H,4-5H2,1-3H3,(H,23,26)(H,21,24,27). The Balaban J connectivity index is 1.73. The fraction of sp³-hybridized carbons (Fsp3) is 0.300. The van der Waals surface area contributed by atoms with Crippen LogP contribution in [0.4, 0.5) is 5.69 Å². The summed E-state index contributed by atoms with van der Waals surface area (Å²) < 4.78 is 24.9. The summed E-state index contributed by atoms with van der Waals surface area (Å²) >= 11 is 0. The van der Waals surface area contributed by atoms with Gasteiger partial charge in [-0.25, -0.2) is 9.67 Å². The number of nitrogens with zero attached hydrogens (tertiary/aromatic N) is 3. The van der Waals surface area contributed by atoms with Gasteiger partial charge in [-0.05, 0) is 44.5 Å². The molecule has 3 rings (SSSR count). The predicted octanol–water partition coefficient (Wildman–Crippen LogP) is 2.59. The number of nitrogens with one attached hydrogen (secondary N) is 2. The number of aromatic amines is 1. The summed E-state index contributed by atoms with van der Waals surface area (Å²) in [6, 6.07) is 8.32. The largest absolute Gasteiger partial charge is 0.361 e. The zero-order chi connectivity index (χ0) is 22.4. The van der Waals surface area contributed by atoms with Gasteiger partial charge < -0.3 is 14.4 Å². The Hall–Kier alpha value is -3.07. The van der Waals surface area contributed by atoms with Crippen LogP contribution in [0.3, 0.4) is 0 Å². The van der Waals surface area contributed by atoms with Gasteiger partial charge in [-0.2, -0.15) is 5.10 Å². The summed E-state index contributed by atoms with van der Waals surface area (Å²) in [5.74, 6) is -0.716. The fourth-order valence-electron chi connectivity index (χ4n) is 2.85. The summed E-state index contributed by atoms with van der Waals surface area (Å²) in [4.78, 5) is 31.6. The maximum Gasteiger partial charge on any atom is 0.361 e. The maximum absolute atomic E-state index is 12.8. The molecule has 0 aliphatic carbocycles. The molecule has 1 atom stereocenters. The average Bonchev–Trinajstić information content (AvgIpc) is 3.30. The van der Waals surface area contributed by atoms with Gasteiger partial charge in [0, 0.05) is 12.4 Å². The lowest BCUT2D eigenvalue weighted by Crippen LogP contribution is -2.25. The van der Waals surface area contributed by atoms with Gasteiger partial charge in [-0.15, -0.1) is 0 Å². The van der Waals surface area contributed by atoms with E-state index in [1.54, 1.807) is 63.5 Å². The molecule has 11 heteroatoms. The summed E-state index contributed by atoms with van der Waals surface area (Å²) in [5, 5.41) is 7.00. The number of hydrogen-bond acceptors (Lipinski definition) is 7. The van der Waals surface area contributed by atoms with Crippen LogP contribution >= 0.6 is 7.60 Å². The normalized spacial score (nSPS) is 12.5. The molecule has 2 N–H and O–H groups in total. The van der Waals surface area contributed by atoms with Crippen molar-refractivity contribution in [3.63, 3.8) is 0 Å². The smallest absolute Gasteiger partial charge is 0.320 e. The third kappa shape index (κ3) is 5.16. The van der Waals surface area contributed by atoms with E-state index in [9.17, 15) is 14.2 Å². The van der Waals surface area contributed by atoms with Crippen molar-refractivity contribution in [1.29, 1.82) is 0 Å². The molecule has 31 heavy (non-hydrogen) atoms. The summed E-state index contributed by atoms with van der Waals surface area (Å²) in [7, 11) is -3.39. The fourth-order valence-corrected chi connectivity index (χ4v) is 4.42. The van der Waals surface area contributed by atoms with Crippen LogP contribution < -0.4 is 16.2 Å². The highest BCUT2D eigenvalue weighted by Gasteiger charge is 2.27. The molecule has 0 bridgehead atoms. The van der Waals surface area contributed by atoms with Crippen LogP contribution in [0.5, 0.6) is 0 Å². The van der Waals surface area contributed by atoms with E-state index in [0.29, 0.717) is 10.9 Å². The Labute approximate surface area is 179 Å². The molecule has 0 radical (unpaired) electrons. The van der Waals surface area contributed by atoms with Crippen LogP contribution in [0.2, 0.25) is 0 Å². The number of aromatic nitrogens is 4. The summed E-state index contributed by atoms with van der Waals surface area (Å²) in [5.41, 5.74) is 0.214. The van der Waals surface area contributed by atoms with E-state index in [2.05, 4.69) is 20.4 Å². The molecule has 0 fully saturated rings. The molecular weight excluding hydrogens is 421 g/mol. The number of hydrogen-bond donors (Lipinski definition) is 2. The minimum Gasteiger partial charge on any atom is -0.320 e. The second-order valence-electron chi connectivity index (χ2n) is 6.54. The number of rotatable bonds is 9. The first-order valence-electron chi connectivity index (χ1n) is 9.77. The van der Waals surface area contributed by atoms with Crippen LogP contribution in [-0.4, -0.2) is 38.9 Å². The number of carbonyl (C=O) groups is 1. The summed E-state index contributed by atoms with van der Waals surface area (Å²) in [6.07, 6.45) is 4.48. The molecule has 0 spiro atoms. The molecule has 1 unspecified atom stereocenters. The molecule has 0 saturated heterocycles. The number of benzene rings is 1. The Morgan fingerprint density at radius 3 is 2.45 bits per heavy atom. The van der Waals surface area contributed by atoms with Crippen molar-refractivity contribution in [1.82, 2.24) is 19.7 Å². The van der Waals surface area contributed by atoms with Gasteiger partial charge in [0.25, 0.3) is 5.56 Å². The zero-order valence-corrected chi connectivity index (χ0v) is 18.3. The molecule has 0 aliphatic heterocycles. The second kappa shape index (κ2) is 9.82.